The normalized spacial score (nSPS) is 16.4. The average molecular weight is 416 g/mol. The minimum Gasteiger partial charge on any atom is -0.401 e. The van der Waals surface area contributed by atoms with E-state index in [0.29, 0.717) is 6.54 Å². The summed E-state index contributed by atoms with van der Waals surface area (Å²) in [5.41, 5.74) is 8.76. The molecule has 0 bridgehead atoms. The molecule has 3 N–H and O–H groups in total. The monoisotopic (exact) mass is 415 g/mol. The van der Waals surface area contributed by atoms with Crippen LogP contribution in [0.3, 0.4) is 0 Å². The molecule has 1 aliphatic rings. The van der Waals surface area contributed by atoms with Crippen molar-refractivity contribution in [3.8, 4) is 0 Å². The number of anilines is 1. The first-order chi connectivity index (χ1) is 12.7. The van der Waals surface area contributed by atoms with Gasteiger partial charge in [-0.2, -0.15) is 9.61 Å². The van der Waals surface area contributed by atoms with Crippen molar-refractivity contribution in [1.29, 1.82) is 0 Å². The van der Waals surface area contributed by atoms with Crippen LogP contribution in [0.1, 0.15) is 37.8 Å². The fourth-order valence-corrected chi connectivity index (χ4v) is 3.76. The molecule has 0 aliphatic heterocycles. The molecule has 0 spiro atoms. The molecule has 3 rings (SSSR count). The Morgan fingerprint density at radius 1 is 1.35 bits per heavy atom. The van der Waals surface area contributed by atoms with E-state index in [1.807, 2.05) is 22.7 Å². The first-order valence-corrected chi connectivity index (χ1v) is 9.97. The third kappa shape index (κ3) is 4.75. The molecular weight excluding hydrogens is 390 g/mol. The van der Waals surface area contributed by atoms with E-state index < -0.39 is 0 Å². The zero-order valence-corrected chi connectivity index (χ0v) is 16.6. The zero-order valence-electron chi connectivity index (χ0n) is 15.0. The van der Waals surface area contributed by atoms with E-state index in [0.717, 1.165) is 39.7 Å². The molecule has 2 aromatic heterocycles. The molecule has 0 atom stereocenters. The second-order valence-electron chi connectivity index (χ2n) is 6.78. The molecule has 5 nitrogen and oxygen atoms in total. The van der Waals surface area contributed by atoms with Crippen molar-refractivity contribution in [2.75, 3.05) is 11.9 Å². The number of fused-ring (bicyclic) bond motifs is 1. The molecule has 1 fully saturated rings. The van der Waals surface area contributed by atoms with Crippen LogP contribution >= 0.6 is 15.9 Å². The van der Waals surface area contributed by atoms with Crippen LogP contribution in [0.4, 0.5) is 5.82 Å². The van der Waals surface area contributed by atoms with Gasteiger partial charge in [-0.05, 0) is 34.3 Å². The molecule has 0 radical (unpaired) electrons. The number of hydrogen-bond acceptors (Lipinski definition) is 4. The molecule has 0 aromatic carbocycles. The Bertz CT molecular complexity index is 815. The van der Waals surface area contributed by atoms with Gasteiger partial charge in [0.2, 0.25) is 0 Å². The maximum Gasteiger partial charge on any atom is 0.171 e. The Kier molecular flexibility index (Phi) is 6.50. The highest BCUT2D eigenvalue weighted by atomic mass is 79.9. The summed E-state index contributed by atoms with van der Waals surface area (Å²) in [7, 11) is 0. The largest absolute Gasteiger partial charge is 0.401 e. The van der Waals surface area contributed by atoms with E-state index in [1.165, 1.54) is 32.1 Å². The van der Waals surface area contributed by atoms with Crippen molar-refractivity contribution in [3.63, 3.8) is 0 Å². The minimum atomic E-state index is 0.543. The van der Waals surface area contributed by atoms with Gasteiger partial charge in [0.1, 0.15) is 5.82 Å². The third-order valence-electron chi connectivity index (χ3n) is 4.74. The van der Waals surface area contributed by atoms with Crippen LogP contribution < -0.4 is 11.1 Å². The fourth-order valence-electron chi connectivity index (χ4n) is 3.41. The average Bonchev–Trinajstić information content (AvgIpc) is 3.02. The molecule has 2 aromatic rings. The lowest BCUT2D eigenvalue weighted by Crippen LogP contribution is -2.16. The molecule has 1 aliphatic carbocycles. The molecule has 0 saturated heterocycles. The lowest BCUT2D eigenvalue weighted by molar-refractivity contribution is 0.354. The molecule has 2 heterocycles. The van der Waals surface area contributed by atoms with Gasteiger partial charge in [-0.3, -0.25) is 0 Å². The number of hydrogen-bond donors (Lipinski definition) is 2. The maximum atomic E-state index is 6.06. The van der Waals surface area contributed by atoms with Gasteiger partial charge in [-0.15, -0.1) is 0 Å². The standard InChI is InChI=1S/C20H26BrN5/c1-2-3-5-10-16(22)13-23-19-12-17(11-15-8-6-4-7-9-15)25-20-18(21)14-24-26(19)20/h2-3,5,10,12,14-15,23H,1,4,6-9,11,13,22H2/b5-3-,16-10-. The predicted octanol–water partition coefficient (Wildman–Crippen LogP) is 4.61. The lowest BCUT2D eigenvalue weighted by atomic mass is 9.86. The Labute approximate surface area is 163 Å². The van der Waals surface area contributed by atoms with Crippen LogP contribution in [-0.4, -0.2) is 21.1 Å². The molecule has 6 heteroatoms. The molecular formula is C20H26BrN5. The quantitative estimate of drug-likeness (QED) is 0.647. The van der Waals surface area contributed by atoms with Crippen LogP contribution in [0.15, 0.2) is 53.3 Å². The number of nitrogens with zero attached hydrogens (tertiary/aromatic N) is 3. The van der Waals surface area contributed by atoms with E-state index in [2.05, 4.69) is 39.0 Å². The Morgan fingerprint density at radius 2 is 2.15 bits per heavy atom. The van der Waals surface area contributed by atoms with Crippen molar-refractivity contribution in [2.24, 2.45) is 11.7 Å². The minimum absolute atomic E-state index is 0.543. The molecule has 1 saturated carbocycles. The SMILES string of the molecule is C=C/C=C\C=C(/N)CNc1cc(CC2CCCCC2)nc2c(Br)cnn12. The van der Waals surface area contributed by atoms with Gasteiger partial charge >= 0.3 is 0 Å². The van der Waals surface area contributed by atoms with Crippen molar-refractivity contribution >= 4 is 27.4 Å². The van der Waals surface area contributed by atoms with Gasteiger partial charge in [-0.25, -0.2) is 4.98 Å². The van der Waals surface area contributed by atoms with Crippen molar-refractivity contribution in [1.82, 2.24) is 14.6 Å². The van der Waals surface area contributed by atoms with Crippen LogP contribution in [0.5, 0.6) is 0 Å². The maximum absolute atomic E-state index is 6.06. The summed E-state index contributed by atoms with van der Waals surface area (Å²) in [4.78, 5) is 4.82. The third-order valence-corrected chi connectivity index (χ3v) is 5.29. The van der Waals surface area contributed by atoms with Crippen LogP contribution in [0.25, 0.3) is 5.65 Å². The highest BCUT2D eigenvalue weighted by Crippen LogP contribution is 2.28. The summed E-state index contributed by atoms with van der Waals surface area (Å²) in [5, 5.41) is 7.81. The number of halogens is 1. The van der Waals surface area contributed by atoms with Crippen molar-refractivity contribution in [3.05, 3.63) is 59.0 Å². The number of nitrogens with one attached hydrogen (secondary N) is 1. The Hall–Kier alpha value is -2.08. The van der Waals surface area contributed by atoms with Gasteiger partial charge < -0.3 is 11.1 Å². The van der Waals surface area contributed by atoms with Crippen LogP contribution in [0, 0.1) is 5.92 Å². The summed E-state index contributed by atoms with van der Waals surface area (Å²) < 4.78 is 2.73. The van der Waals surface area contributed by atoms with Gasteiger partial charge in [0.15, 0.2) is 5.65 Å². The first-order valence-electron chi connectivity index (χ1n) is 9.18. The number of aromatic nitrogens is 3. The summed E-state index contributed by atoms with van der Waals surface area (Å²) in [5.74, 6) is 1.65. The lowest BCUT2D eigenvalue weighted by Gasteiger charge is -2.21. The number of allylic oxidation sites excluding steroid dienone is 4. The van der Waals surface area contributed by atoms with E-state index >= 15 is 0 Å². The zero-order chi connectivity index (χ0) is 18.4. The molecule has 138 valence electrons. The fraction of sp³-hybridized carbons (Fsp3) is 0.400. The second kappa shape index (κ2) is 9.03. The van der Waals surface area contributed by atoms with E-state index in [4.69, 9.17) is 10.7 Å². The smallest absolute Gasteiger partial charge is 0.171 e. The highest BCUT2D eigenvalue weighted by molar-refractivity contribution is 9.10. The first kappa shape index (κ1) is 18.7. The predicted molar refractivity (Wildman–Crippen MR) is 111 cm³/mol. The number of nitrogens with two attached hydrogens (primary N) is 1. The van der Waals surface area contributed by atoms with Gasteiger partial charge in [0, 0.05) is 17.5 Å². The van der Waals surface area contributed by atoms with E-state index in [1.54, 1.807) is 12.3 Å². The summed E-state index contributed by atoms with van der Waals surface area (Å²) >= 11 is 3.55. The Morgan fingerprint density at radius 3 is 2.92 bits per heavy atom. The molecule has 0 unspecified atom stereocenters. The van der Waals surface area contributed by atoms with Gasteiger partial charge in [0.25, 0.3) is 0 Å². The molecule has 26 heavy (non-hydrogen) atoms. The number of rotatable bonds is 7. The van der Waals surface area contributed by atoms with Crippen molar-refractivity contribution < 1.29 is 0 Å². The highest BCUT2D eigenvalue weighted by Gasteiger charge is 2.17. The van der Waals surface area contributed by atoms with E-state index in [-0.39, 0.29) is 0 Å². The molecule has 0 amide bonds. The summed E-state index contributed by atoms with van der Waals surface area (Å²) in [6.07, 6.45) is 16.8. The van der Waals surface area contributed by atoms with Crippen LogP contribution in [0.2, 0.25) is 0 Å². The van der Waals surface area contributed by atoms with Gasteiger partial charge in [0.05, 0.1) is 17.2 Å². The van der Waals surface area contributed by atoms with E-state index in [9.17, 15) is 0 Å². The summed E-state index contributed by atoms with van der Waals surface area (Å²) in [6, 6.07) is 2.11. The van der Waals surface area contributed by atoms with Crippen molar-refractivity contribution in [2.45, 2.75) is 38.5 Å². The van der Waals surface area contributed by atoms with Gasteiger partial charge in [-0.1, -0.05) is 56.9 Å². The second-order valence-corrected chi connectivity index (χ2v) is 7.64. The summed E-state index contributed by atoms with van der Waals surface area (Å²) in [6.45, 7) is 4.19. The van der Waals surface area contributed by atoms with Crippen LogP contribution in [-0.2, 0) is 6.42 Å². The Balaban J connectivity index is 1.79. The topological polar surface area (TPSA) is 68.2 Å².